The maximum Gasteiger partial charge on any atom is 0.265 e. The largest absolute Gasteiger partial charge is 0.326 e. The summed E-state index contributed by atoms with van der Waals surface area (Å²) in [6, 6.07) is 9.62. The number of rotatable bonds is 4. The number of nitrogens with two attached hydrogens (primary N) is 1. The van der Waals surface area contributed by atoms with Gasteiger partial charge in [0, 0.05) is 25.3 Å². The summed E-state index contributed by atoms with van der Waals surface area (Å²) in [5.41, 5.74) is 9.94. The molecule has 0 unspecified atom stereocenters. The van der Waals surface area contributed by atoms with Gasteiger partial charge in [-0.3, -0.25) is 4.79 Å². The number of nitrogens with one attached hydrogen (secondary N) is 1. The van der Waals surface area contributed by atoms with Crippen LogP contribution in [0.5, 0.6) is 0 Å². The second-order valence-corrected chi connectivity index (χ2v) is 6.71. The lowest BCUT2D eigenvalue weighted by Gasteiger charge is -2.21. The van der Waals surface area contributed by atoms with Crippen LogP contribution in [0.1, 0.15) is 27.2 Å². The van der Waals surface area contributed by atoms with Crippen molar-refractivity contribution in [2.45, 2.75) is 13.0 Å². The van der Waals surface area contributed by atoms with Gasteiger partial charge >= 0.3 is 0 Å². The van der Waals surface area contributed by atoms with Crippen molar-refractivity contribution < 1.29 is 4.79 Å². The Hall–Kier alpha value is -1.95. The number of carbonyl (C=O) groups excluding carboxylic acids is 1. The summed E-state index contributed by atoms with van der Waals surface area (Å²) >= 11 is 1.49. The van der Waals surface area contributed by atoms with E-state index in [4.69, 9.17) is 5.73 Å². The third-order valence-corrected chi connectivity index (χ3v) is 4.98. The van der Waals surface area contributed by atoms with Gasteiger partial charge in [0.25, 0.3) is 5.91 Å². The first-order valence-electron chi connectivity index (χ1n) is 7.72. The highest BCUT2D eigenvalue weighted by Crippen LogP contribution is 2.27. The first-order valence-corrected chi connectivity index (χ1v) is 8.60. The topological polar surface area (TPSA) is 58.4 Å². The van der Waals surface area contributed by atoms with E-state index in [9.17, 15) is 4.79 Å². The molecule has 0 fully saturated rings. The molecule has 0 radical (unpaired) electrons. The SMILES string of the molecule is CN1CC=C(c2csc(C(=O)Nc3ccc(CN)cc3)c2)CC1. The molecule has 120 valence electrons. The van der Waals surface area contributed by atoms with Crippen molar-refractivity contribution in [1.29, 1.82) is 0 Å². The number of hydrogen-bond donors (Lipinski definition) is 2. The predicted octanol–water partition coefficient (Wildman–Crippen LogP) is 3.18. The molecule has 1 aromatic carbocycles. The third-order valence-electron chi connectivity index (χ3n) is 4.05. The highest BCUT2D eigenvalue weighted by molar-refractivity contribution is 7.12. The van der Waals surface area contributed by atoms with Gasteiger partial charge in [0.2, 0.25) is 0 Å². The van der Waals surface area contributed by atoms with Crippen LogP contribution in [0.3, 0.4) is 0 Å². The molecule has 4 nitrogen and oxygen atoms in total. The Morgan fingerprint density at radius 3 is 2.78 bits per heavy atom. The Morgan fingerprint density at radius 1 is 1.35 bits per heavy atom. The molecule has 0 aliphatic carbocycles. The molecule has 0 saturated heterocycles. The Balaban J connectivity index is 1.68. The second kappa shape index (κ2) is 7.08. The van der Waals surface area contributed by atoms with Gasteiger partial charge in [-0.05, 0) is 53.7 Å². The van der Waals surface area contributed by atoms with E-state index in [0.29, 0.717) is 6.54 Å². The predicted molar refractivity (Wildman–Crippen MR) is 96.7 cm³/mol. The first-order chi connectivity index (χ1) is 11.2. The van der Waals surface area contributed by atoms with Crippen molar-refractivity contribution in [2.24, 2.45) is 5.73 Å². The maximum absolute atomic E-state index is 12.4. The van der Waals surface area contributed by atoms with E-state index in [2.05, 4.69) is 28.7 Å². The normalized spacial score (nSPS) is 15.3. The molecular formula is C18H21N3OS. The number of amides is 1. The highest BCUT2D eigenvalue weighted by atomic mass is 32.1. The van der Waals surface area contributed by atoms with Gasteiger partial charge in [0.15, 0.2) is 0 Å². The minimum Gasteiger partial charge on any atom is -0.326 e. The minimum absolute atomic E-state index is 0.0599. The van der Waals surface area contributed by atoms with Crippen LogP contribution in [0.15, 0.2) is 41.8 Å². The van der Waals surface area contributed by atoms with Crippen LogP contribution in [0, 0.1) is 0 Å². The molecule has 3 rings (SSSR count). The zero-order valence-electron chi connectivity index (χ0n) is 13.2. The lowest BCUT2D eigenvalue weighted by Crippen LogP contribution is -2.23. The third kappa shape index (κ3) is 3.88. The van der Waals surface area contributed by atoms with Crippen molar-refractivity contribution >= 4 is 28.5 Å². The fraction of sp³-hybridized carbons (Fsp3) is 0.278. The number of nitrogens with zero attached hydrogens (tertiary/aromatic N) is 1. The summed E-state index contributed by atoms with van der Waals surface area (Å²) in [5.74, 6) is -0.0599. The molecule has 1 aliphatic heterocycles. The molecular weight excluding hydrogens is 306 g/mol. The van der Waals surface area contributed by atoms with Crippen molar-refractivity contribution in [1.82, 2.24) is 4.90 Å². The average Bonchev–Trinajstić information content (AvgIpc) is 3.06. The van der Waals surface area contributed by atoms with Crippen LogP contribution in [0.25, 0.3) is 5.57 Å². The van der Waals surface area contributed by atoms with Gasteiger partial charge in [0.05, 0.1) is 4.88 Å². The smallest absolute Gasteiger partial charge is 0.265 e. The lowest BCUT2D eigenvalue weighted by atomic mass is 10.0. The van der Waals surface area contributed by atoms with Crippen molar-refractivity contribution in [3.8, 4) is 0 Å². The van der Waals surface area contributed by atoms with E-state index in [-0.39, 0.29) is 5.91 Å². The van der Waals surface area contributed by atoms with E-state index >= 15 is 0 Å². The Kier molecular flexibility index (Phi) is 4.91. The van der Waals surface area contributed by atoms with Gasteiger partial charge in [0.1, 0.15) is 0 Å². The second-order valence-electron chi connectivity index (χ2n) is 5.80. The monoisotopic (exact) mass is 327 g/mol. The summed E-state index contributed by atoms with van der Waals surface area (Å²) < 4.78 is 0. The van der Waals surface area contributed by atoms with Gasteiger partial charge in [-0.15, -0.1) is 11.3 Å². The molecule has 0 atom stereocenters. The van der Waals surface area contributed by atoms with E-state index in [1.165, 1.54) is 22.5 Å². The summed E-state index contributed by atoms with van der Waals surface area (Å²) in [5, 5.41) is 5.01. The van der Waals surface area contributed by atoms with Crippen LogP contribution in [0.2, 0.25) is 0 Å². The molecule has 0 saturated carbocycles. The molecule has 1 aromatic heterocycles. The van der Waals surface area contributed by atoms with E-state index < -0.39 is 0 Å². The number of anilines is 1. The molecule has 1 aliphatic rings. The van der Waals surface area contributed by atoms with E-state index in [1.54, 1.807) is 0 Å². The highest BCUT2D eigenvalue weighted by Gasteiger charge is 2.14. The molecule has 0 spiro atoms. The first kappa shape index (κ1) is 15.9. The number of thiophene rings is 1. The number of benzene rings is 1. The molecule has 2 heterocycles. The Bertz CT molecular complexity index is 718. The van der Waals surface area contributed by atoms with Crippen LogP contribution >= 0.6 is 11.3 Å². The lowest BCUT2D eigenvalue weighted by molar-refractivity contribution is 0.103. The van der Waals surface area contributed by atoms with Gasteiger partial charge in [-0.2, -0.15) is 0 Å². The number of carbonyl (C=O) groups is 1. The average molecular weight is 327 g/mol. The number of hydrogen-bond acceptors (Lipinski definition) is 4. The van der Waals surface area contributed by atoms with Crippen LogP contribution in [-0.4, -0.2) is 30.9 Å². The van der Waals surface area contributed by atoms with Gasteiger partial charge in [-0.1, -0.05) is 18.2 Å². The molecule has 0 bridgehead atoms. The standard InChI is InChI=1S/C18H21N3OS/c1-21-8-6-14(7-9-21)15-10-17(23-12-15)18(22)20-16-4-2-13(11-19)3-5-16/h2-6,10,12H,7-9,11,19H2,1H3,(H,20,22). The van der Waals surface area contributed by atoms with Crippen LogP contribution < -0.4 is 11.1 Å². The molecule has 1 amide bonds. The van der Waals surface area contributed by atoms with Crippen molar-refractivity contribution in [2.75, 3.05) is 25.5 Å². The van der Waals surface area contributed by atoms with Crippen molar-refractivity contribution in [3.63, 3.8) is 0 Å². The fourth-order valence-corrected chi connectivity index (χ4v) is 3.40. The van der Waals surface area contributed by atoms with Crippen molar-refractivity contribution in [3.05, 3.63) is 57.8 Å². The summed E-state index contributed by atoms with van der Waals surface area (Å²) in [6.07, 6.45) is 3.29. The Morgan fingerprint density at radius 2 is 2.13 bits per heavy atom. The number of likely N-dealkylation sites (N-methyl/N-ethyl adjacent to an activating group) is 1. The zero-order chi connectivity index (χ0) is 16.2. The maximum atomic E-state index is 12.4. The Labute approximate surface area is 140 Å². The van der Waals surface area contributed by atoms with Gasteiger partial charge in [-0.25, -0.2) is 0 Å². The molecule has 5 heteroatoms. The van der Waals surface area contributed by atoms with E-state index in [0.717, 1.165) is 35.6 Å². The van der Waals surface area contributed by atoms with Gasteiger partial charge < -0.3 is 16.0 Å². The zero-order valence-corrected chi connectivity index (χ0v) is 14.0. The summed E-state index contributed by atoms with van der Waals surface area (Å²) in [6.45, 7) is 2.55. The summed E-state index contributed by atoms with van der Waals surface area (Å²) in [7, 11) is 2.12. The van der Waals surface area contributed by atoms with Crippen LogP contribution in [-0.2, 0) is 6.54 Å². The minimum atomic E-state index is -0.0599. The molecule has 23 heavy (non-hydrogen) atoms. The molecule has 2 aromatic rings. The fourth-order valence-electron chi connectivity index (χ4n) is 2.57. The van der Waals surface area contributed by atoms with E-state index in [1.807, 2.05) is 30.3 Å². The summed E-state index contributed by atoms with van der Waals surface area (Å²) in [4.78, 5) is 15.4. The van der Waals surface area contributed by atoms with Crippen LogP contribution in [0.4, 0.5) is 5.69 Å². The molecule has 3 N–H and O–H groups in total. The quantitative estimate of drug-likeness (QED) is 0.907.